The molecule has 0 spiro atoms. The second kappa shape index (κ2) is 7.11. The van der Waals surface area contributed by atoms with Crippen LogP contribution in [0.1, 0.15) is 29.9 Å². The van der Waals surface area contributed by atoms with E-state index in [9.17, 15) is 18.3 Å². The zero-order chi connectivity index (χ0) is 19.9. The summed E-state index contributed by atoms with van der Waals surface area (Å²) in [6, 6.07) is 15.0. The zero-order valence-electron chi connectivity index (χ0n) is 14.9. The maximum absolute atomic E-state index is 12.9. The molecular formula is C21H18ClNO4S. The summed E-state index contributed by atoms with van der Waals surface area (Å²) in [5, 5.41) is 12.1. The van der Waals surface area contributed by atoms with E-state index < -0.39 is 21.8 Å². The van der Waals surface area contributed by atoms with Crippen molar-refractivity contribution in [2.45, 2.75) is 30.1 Å². The molecule has 7 heteroatoms. The predicted molar refractivity (Wildman–Crippen MR) is 108 cm³/mol. The van der Waals surface area contributed by atoms with Gasteiger partial charge in [-0.15, -0.1) is 0 Å². The molecule has 0 fully saturated rings. The highest BCUT2D eigenvalue weighted by Gasteiger charge is 2.33. The molecule has 1 unspecified atom stereocenters. The molecule has 1 aliphatic rings. The maximum atomic E-state index is 12.9. The normalized spacial score (nSPS) is 16.5. The number of benzene rings is 3. The first-order valence-electron chi connectivity index (χ1n) is 8.93. The summed E-state index contributed by atoms with van der Waals surface area (Å²) in [7, 11) is -4.08. The molecule has 1 aliphatic carbocycles. The predicted octanol–water partition coefficient (Wildman–Crippen LogP) is 4.12. The Bertz CT molecular complexity index is 1180. The molecule has 0 aliphatic heterocycles. The molecule has 1 amide bonds. The smallest absolute Gasteiger partial charge is 0.264 e. The third-order valence-electron chi connectivity index (χ3n) is 5.14. The monoisotopic (exact) mass is 415 g/mol. The molecular weight excluding hydrogens is 398 g/mol. The fraction of sp³-hybridized carbons (Fsp3) is 0.190. The van der Waals surface area contributed by atoms with E-state index in [4.69, 9.17) is 11.6 Å². The van der Waals surface area contributed by atoms with E-state index in [2.05, 4.69) is 4.72 Å². The molecule has 0 aromatic heterocycles. The van der Waals surface area contributed by atoms with Crippen molar-refractivity contribution in [3.8, 4) is 5.75 Å². The van der Waals surface area contributed by atoms with Crippen LogP contribution in [0.25, 0.3) is 10.8 Å². The summed E-state index contributed by atoms with van der Waals surface area (Å²) >= 11 is 6.22. The molecule has 3 aromatic rings. The minimum Gasteiger partial charge on any atom is -0.508 e. The first kappa shape index (κ1) is 18.8. The number of sulfonamides is 1. The van der Waals surface area contributed by atoms with Crippen molar-refractivity contribution in [2.24, 2.45) is 0 Å². The van der Waals surface area contributed by atoms with Crippen LogP contribution in [0.5, 0.6) is 5.75 Å². The first-order valence-corrected chi connectivity index (χ1v) is 10.8. The number of phenolic OH excluding ortho intramolecular Hbond substituents is 1. The number of carbonyl (C=O) groups excluding carboxylic acids is 1. The van der Waals surface area contributed by atoms with Gasteiger partial charge < -0.3 is 5.11 Å². The zero-order valence-corrected chi connectivity index (χ0v) is 16.4. The highest BCUT2D eigenvalue weighted by Crippen LogP contribution is 2.41. The molecule has 0 heterocycles. The topological polar surface area (TPSA) is 83.5 Å². The van der Waals surface area contributed by atoms with Crippen LogP contribution in [-0.2, 0) is 21.2 Å². The Kier molecular flexibility index (Phi) is 4.77. The lowest BCUT2D eigenvalue weighted by Crippen LogP contribution is -2.36. The SMILES string of the molecule is O=C(NS(=O)(=O)c1cccc2ccccc12)C1CCCc2c(Cl)ccc(O)c21. The number of phenols is 1. The van der Waals surface area contributed by atoms with E-state index in [0.29, 0.717) is 40.8 Å². The van der Waals surface area contributed by atoms with Crippen LogP contribution >= 0.6 is 11.6 Å². The summed E-state index contributed by atoms with van der Waals surface area (Å²) < 4.78 is 28.1. The maximum Gasteiger partial charge on any atom is 0.264 e. The second-order valence-corrected chi connectivity index (χ2v) is 8.91. The quantitative estimate of drug-likeness (QED) is 0.673. The van der Waals surface area contributed by atoms with Crippen molar-refractivity contribution in [1.29, 1.82) is 0 Å². The summed E-state index contributed by atoms with van der Waals surface area (Å²) in [6.45, 7) is 0. The van der Waals surface area contributed by atoms with Gasteiger partial charge in [0.1, 0.15) is 5.75 Å². The Balaban J connectivity index is 1.71. The van der Waals surface area contributed by atoms with Crippen LogP contribution in [-0.4, -0.2) is 19.4 Å². The number of hydrogen-bond donors (Lipinski definition) is 2. The van der Waals surface area contributed by atoms with Crippen molar-refractivity contribution in [2.75, 3.05) is 0 Å². The summed E-state index contributed by atoms with van der Waals surface area (Å²) in [5.41, 5.74) is 1.12. The van der Waals surface area contributed by atoms with Crippen LogP contribution in [0, 0.1) is 0 Å². The van der Waals surface area contributed by atoms with Crippen molar-refractivity contribution in [3.63, 3.8) is 0 Å². The van der Waals surface area contributed by atoms with Gasteiger partial charge in [0.2, 0.25) is 5.91 Å². The van der Waals surface area contributed by atoms with Crippen LogP contribution in [0.4, 0.5) is 0 Å². The van der Waals surface area contributed by atoms with Crippen LogP contribution in [0.2, 0.25) is 5.02 Å². The van der Waals surface area contributed by atoms with Gasteiger partial charge in [-0.05, 0) is 48.4 Å². The Morgan fingerprint density at radius 1 is 1.07 bits per heavy atom. The molecule has 1 atom stereocenters. The van der Waals surface area contributed by atoms with Gasteiger partial charge in [0, 0.05) is 16.0 Å². The molecule has 144 valence electrons. The van der Waals surface area contributed by atoms with Gasteiger partial charge in [0.15, 0.2) is 0 Å². The second-order valence-electron chi connectivity index (χ2n) is 6.85. The summed E-state index contributed by atoms with van der Waals surface area (Å²) in [5.74, 6) is -1.47. The third-order valence-corrected chi connectivity index (χ3v) is 6.89. The van der Waals surface area contributed by atoms with Crippen molar-refractivity contribution in [3.05, 3.63) is 70.7 Å². The van der Waals surface area contributed by atoms with Crippen LogP contribution < -0.4 is 4.72 Å². The number of nitrogens with one attached hydrogen (secondary N) is 1. The first-order chi connectivity index (χ1) is 13.4. The van der Waals surface area contributed by atoms with E-state index in [1.165, 1.54) is 12.1 Å². The Morgan fingerprint density at radius 2 is 1.82 bits per heavy atom. The fourth-order valence-corrected chi connectivity index (χ4v) is 5.36. The third kappa shape index (κ3) is 3.23. The standard InChI is InChI=1S/C21H18ClNO4S/c22-17-11-12-18(24)20-15(17)8-4-9-16(20)21(25)23-28(26,27)19-10-3-6-13-5-1-2-7-14(13)19/h1-3,5-7,10-12,16,24H,4,8-9H2,(H,23,25). The van der Waals surface area contributed by atoms with Crippen molar-refractivity contribution < 1.29 is 18.3 Å². The molecule has 4 rings (SSSR count). The highest BCUT2D eigenvalue weighted by atomic mass is 35.5. The molecule has 0 saturated carbocycles. The van der Waals surface area contributed by atoms with Gasteiger partial charge in [-0.1, -0.05) is 48.0 Å². The molecule has 0 saturated heterocycles. The van der Waals surface area contributed by atoms with E-state index in [0.717, 1.165) is 5.39 Å². The minimum atomic E-state index is -4.08. The van der Waals surface area contributed by atoms with E-state index in [1.807, 2.05) is 18.2 Å². The van der Waals surface area contributed by atoms with Gasteiger partial charge in [-0.2, -0.15) is 0 Å². The van der Waals surface area contributed by atoms with Crippen LogP contribution in [0.15, 0.2) is 59.5 Å². The minimum absolute atomic E-state index is 0.0400. The largest absolute Gasteiger partial charge is 0.508 e. The van der Waals surface area contributed by atoms with Gasteiger partial charge >= 0.3 is 0 Å². The molecule has 0 bridgehead atoms. The molecule has 3 aromatic carbocycles. The van der Waals surface area contributed by atoms with E-state index in [-0.39, 0.29) is 10.6 Å². The Hall–Kier alpha value is -2.57. The van der Waals surface area contributed by atoms with Gasteiger partial charge in [-0.25, -0.2) is 13.1 Å². The van der Waals surface area contributed by atoms with E-state index >= 15 is 0 Å². The lowest BCUT2D eigenvalue weighted by molar-refractivity contribution is -0.121. The lowest BCUT2D eigenvalue weighted by atomic mass is 9.82. The van der Waals surface area contributed by atoms with Gasteiger partial charge in [0.05, 0.1) is 10.8 Å². The fourth-order valence-electron chi connectivity index (χ4n) is 3.85. The lowest BCUT2D eigenvalue weighted by Gasteiger charge is -2.26. The summed E-state index contributed by atoms with van der Waals surface area (Å²) in [4.78, 5) is 13.0. The highest BCUT2D eigenvalue weighted by molar-refractivity contribution is 7.90. The van der Waals surface area contributed by atoms with Crippen molar-refractivity contribution >= 4 is 38.3 Å². The van der Waals surface area contributed by atoms with Gasteiger partial charge in [0.25, 0.3) is 10.0 Å². The molecule has 5 nitrogen and oxygen atoms in total. The van der Waals surface area contributed by atoms with Crippen LogP contribution in [0.3, 0.4) is 0 Å². The average molecular weight is 416 g/mol. The van der Waals surface area contributed by atoms with Gasteiger partial charge in [-0.3, -0.25) is 4.79 Å². The summed E-state index contributed by atoms with van der Waals surface area (Å²) in [6.07, 6.45) is 1.77. The average Bonchev–Trinajstić information content (AvgIpc) is 2.69. The Labute approximate surface area is 168 Å². The number of aromatic hydroxyl groups is 1. The molecule has 2 N–H and O–H groups in total. The van der Waals surface area contributed by atoms with E-state index in [1.54, 1.807) is 24.3 Å². The number of fused-ring (bicyclic) bond motifs is 2. The number of amides is 1. The number of halogens is 1. The van der Waals surface area contributed by atoms with Crippen molar-refractivity contribution in [1.82, 2.24) is 4.72 Å². The number of hydrogen-bond acceptors (Lipinski definition) is 4. The molecule has 28 heavy (non-hydrogen) atoms. The number of rotatable bonds is 3. The molecule has 0 radical (unpaired) electrons. The number of carbonyl (C=O) groups is 1. The Morgan fingerprint density at radius 3 is 2.64 bits per heavy atom.